The third kappa shape index (κ3) is 4.66. The number of nitrogens with zero attached hydrogens (tertiary/aromatic N) is 2. The van der Waals surface area contributed by atoms with Crippen molar-refractivity contribution in [3.63, 3.8) is 0 Å². The van der Waals surface area contributed by atoms with Gasteiger partial charge in [-0.15, -0.1) is 5.73 Å². The van der Waals surface area contributed by atoms with E-state index in [0.717, 1.165) is 11.6 Å². The summed E-state index contributed by atoms with van der Waals surface area (Å²) in [6, 6.07) is 3.70. The highest BCUT2D eigenvalue weighted by atomic mass is 35.5. The van der Waals surface area contributed by atoms with E-state index in [1.165, 1.54) is 18.2 Å². The summed E-state index contributed by atoms with van der Waals surface area (Å²) in [4.78, 5) is 4.48. The maximum atomic E-state index is 13.5. The summed E-state index contributed by atoms with van der Waals surface area (Å²) in [5.74, 6) is 1.15. The fourth-order valence-electron chi connectivity index (χ4n) is 3.14. The van der Waals surface area contributed by atoms with Gasteiger partial charge in [-0.05, 0) is 29.8 Å². The minimum absolute atomic E-state index is 0.00985. The molecule has 0 spiro atoms. The van der Waals surface area contributed by atoms with Crippen molar-refractivity contribution in [1.29, 1.82) is 0 Å². The summed E-state index contributed by atoms with van der Waals surface area (Å²) in [7, 11) is 0. The van der Waals surface area contributed by atoms with Gasteiger partial charge in [-0.3, -0.25) is 0 Å². The Morgan fingerprint density at radius 1 is 1.16 bits per heavy atom. The molecule has 7 heteroatoms. The van der Waals surface area contributed by atoms with Crippen LogP contribution in [0.3, 0.4) is 0 Å². The minimum atomic E-state index is -4.54. The highest BCUT2D eigenvalue weighted by Crippen LogP contribution is 2.37. The van der Waals surface area contributed by atoms with Crippen LogP contribution in [-0.4, -0.2) is 9.55 Å². The first-order valence-corrected chi connectivity index (χ1v) is 9.65. The molecule has 0 saturated heterocycles. The van der Waals surface area contributed by atoms with Gasteiger partial charge >= 0.3 is 6.18 Å². The van der Waals surface area contributed by atoms with Crippen LogP contribution in [-0.2, 0) is 17.5 Å². The molecule has 0 amide bonds. The van der Waals surface area contributed by atoms with Crippen LogP contribution in [0, 0.1) is 0 Å². The van der Waals surface area contributed by atoms with E-state index in [1.807, 2.05) is 30.4 Å². The lowest BCUT2D eigenvalue weighted by Gasteiger charge is -2.14. The van der Waals surface area contributed by atoms with Crippen molar-refractivity contribution in [2.24, 2.45) is 0 Å². The first-order valence-electron chi connectivity index (χ1n) is 9.27. The van der Waals surface area contributed by atoms with Crippen LogP contribution in [0.1, 0.15) is 22.6 Å². The van der Waals surface area contributed by atoms with Crippen molar-refractivity contribution in [2.45, 2.75) is 12.8 Å². The molecule has 0 N–H and O–H groups in total. The van der Waals surface area contributed by atoms with Gasteiger partial charge in [-0.25, -0.2) is 4.98 Å². The van der Waals surface area contributed by atoms with Gasteiger partial charge in [-0.1, -0.05) is 48.6 Å². The van der Waals surface area contributed by atoms with Crippen LogP contribution in [0.2, 0.25) is 5.02 Å². The maximum absolute atomic E-state index is 13.5. The van der Waals surface area contributed by atoms with E-state index in [2.05, 4.69) is 17.3 Å². The average Bonchev–Trinajstić information content (AvgIpc) is 2.85. The van der Waals surface area contributed by atoms with Gasteiger partial charge in [0.1, 0.15) is 18.2 Å². The van der Waals surface area contributed by atoms with Gasteiger partial charge in [0, 0.05) is 34.6 Å². The second kappa shape index (κ2) is 8.34. The van der Waals surface area contributed by atoms with E-state index >= 15 is 0 Å². The molecule has 1 aliphatic carbocycles. The Morgan fingerprint density at radius 2 is 2.00 bits per heavy atom. The molecule has 2 aliphatic rings. The molecule has 3 nitrogen and oxygen atoms in total. The highest BCUT2D eigenvalue weighted by Gasteiger charge is 2.34. The second-order valence-electron chi connectivity index (χ2n) is 6.81. The fourth-order valence-corrected chi connectivity index (χ4v) is 3.32. The summed E-state index contributed by atoms with van der Waals surface area (Å²) >= 11 is 5.80. The molecule has 4 rings (SSSR count). The van der Waals surface area contributed by atoms with Crippen LogP contribution < -0.4 is 0 Å². The molecule has 0 bridgehead atoms. The van der Waals surface area contributed by atoms with Crippen molar-refractivity contribution >= 4 is 29.5 Å². The molecule has 0 fully saturated rings. The SMILES string of the molecule is C=C1C=CC=CC=C1OCc1cn2c(n1)C=C=CC(c1ccc(Cl)cc1C(F)(F)F)=C2. The first-order chi connectivity index (χ1) is 14.8. The van der Waals surface area contributed by atoms with Crippen molar-refractivity contribution in [3.05, 3.63) is 112 Å². The summed E-state index contributed by atoms with van der Waals surface area (Å²) in [5, 5.41) is 0.0201. The van der Waals surface area contributed by atoms with Gasteiger partial charge in [0.15, 0.2) is 0 Å². The topological polar surface area (TPSA) is 27.1 Å². The number of hydrogen-bond acceptors (Lipinski definition) is 2. The number of imidazole rings is 1. The average molecular weight is 441 g/mol. The number of alkyl halides is 3. The Balaban J connectivity index is 1.63. The summed E-state index contributed by atoms with van der Waals surface area (Å²) in [6.07, 6.45) is 11.1. The van der Waals surface area contributed by atoms with Gasteiger partial charge in [-0.2, -0.15) is 13.2 Å². The largest absolute Gasteiger partial charge is 0.487 e. The van der Waals surface area contributed by atoms with Crippen molar-refractivity contribution in [1.82, 2.24) is 9.55 Å². The summed E-state index contributed by atoms with van der Waals surface area (Å²) < 4.78 is 48.1. The highest BCUT2D eigenvalue weighted by molar-refractivity contribution is 6.30. The quantitative estimate of drug-likeness (QED) is 0.488. The van der Waals surface area contributed by atoms with Crippen LogP contribution in [0.5, 0.6) is 0 Å². The fraction of sp³-hybridized carbons (Fsp3) is 0.0833. The first kappa shape index (κ1) is 20.8. The molecule has 1 aromatic carbocycles. The smallest absolute Gasteiger partial charge is 0.417 e. The molecule has 2 aromatic rings. The standard InChI is InChI=1S/C24H16ClF3N2O/c1-16-6-3-2-4-8-22(16)31-15-19-14-30-13-17(7-5-9-23(30)29-19)20-11-10-18(25)12-21(20)24(26,27)28/h2-4,6-14H,1,15H2. The Bertz CT molecular complexity index is 1240. The minimum Gasteiger partial charge on any atom is -0.487 e. The van der Waals surface area contributed by atoms with Crippen molar-refractivity contribution < 1.29 is 17.9 Å². The van der Waals surface area contributed by atoms with E-state index in [-0.39, 0.29) is 17.2 Å². The predicted octanol–water partition coefficient (Wildman–Crippen LogP) is 6.82. The molecule has 0 saturated carbocycles. The van der Waals surface area contributed by atoms with Crippen LogP contribution in [0.25, 0.3) is 17.8 Å². The zero-order valence-electron chi connectivity index (χ0n) is 16.2. The number of benzene rings is 1. The predicted molar refractivity (Wildman–Crippen MR) is 116 cm³/mol. The number of ether oxygens (including phenoxy) is 1. The molecular formula is C24H16ClF3N2O. The third-order valence-electron chi connectivity index (χ3n) is 4.60. The van der Waals surface area contributed by atoms with Gasteiger partial charge in [0.25, 0.3) is 0 Å². The van der Waals surface area contributed by atoms with E-state index in [1.54, 1.807) is 23.0 Å². The summed E-state index contributed by atoms with van der Waals surface area (Å²) in [6.45, 7) is 4.13. The molecule has 1 aliphatic heterocycles. The number of halogens is 4. The van der Waals surface area contributed by atoms with Gasteiger partial charge < -0.3 is 9.30 Å². The molecule has 1 aromatic heterocycles. The van der Waals surface area contributed by atoms with Gasteiger partial charge in [0.2, 0.25) is 0 Å². The van der Waals surface area contributed by atoms with Crippen molar-refractivity contribution in [2.75, 3.05) is 0 Å². The Morgan fingerprint density at radius 3 is 2.81 bits per heavy atom. The van der Waals surface area contributed by atoms with E-state index < -0.39 is 11.7 Å². The van der Waals surface area contributed by atoms with Gasteiger partial charge in [0.05, 0.1) is 11.3 Å². The number of allylic oxidation sites excluding steroid dienone is 7. The normalized spacial score (nSPS) is 15.3. The monoisotopic (exact) mass is 440 g/mol. The van der Waals surface area contributed by atoms with E-state index in [4.69, 9.17) is 16.3 Å². The number of rotatable bonds is 4. The molecule has 156 valence electrons. The van der Waals surface area contributed by atoms with Crippen LogP contribution in [0.4, 0.5) is 13.2 Å². The Labute approximate surface area is 182 Å². The number of hydrogen-bond donors (Lipinski definition) is 0. The molecular weight excluding hydrogens is 425 g/mol. The zero-order chi connectivity index (χ0) is 22.0. The zero-order valence-corrected chi connectivity index (χ0v) is 16.9. The van der Waals surface area contributed by atoms with Crippen LogP contribution >= 0.6 is 11.6 Å². The molecule has 0 radical (unpaired) electrons. The molecule has 2 heterocycles. The van der Waals surface area contributed by atoms with Crippen molar-refractivity contribution in [3.8, 4) is 0 Å². The molecule has 0 unspecified atom stereocenters. The molecule has 31 heavy (non-hydrogen) atoms. The summed E-state index contributed by atoms with van der Waals surface area (Å²) in [5.41, 5.74) is 3.78. The lowest BCUT2D eigenvalue weighted by molar-refractivity contribution is -0.137. The second-order valence-corrected chi connectivity index (χ2v) is 7.25. The Kier molecular flexibility index (Phi) is 5.59. The van der Waals surface area contributed by atoms with Crippen LogP contribution in [0.15, 0.2) is 84.5 Å². The van der Waals surface area contributed by atoms with E-state index in [0.29, 0.717) is 22.9 Å². The lowest BCUT2D eigenvalue weighted by Crippen LogP contribution is -2.08. The Hall–Kier alpha value is -3.47. The third-order valence-corrected chi connectivity index (χ3v) is 4.83. The number of fused-ring (bicyclic) bond motifs is 1. The maximum Gasteiger partial charge on any atom is 0.417 e. The van der Waals surface area contributed by atoms with E-state index in [9.17, 15) is 13.2 Å². The molecule has 0 atom stereocenters. The lowest BCUT2D eigenvalue weighted by atomic mass is 10.00. The number of aromatic nitrogens is 2.